The van der Waals surface area contributed by atoms with Crippen molar-refractivity contribution in [3.8, 4) is 5.75 Å². The summed E-state index contributed by atoms with van der Waals surface area (Å²) in [7, 11) is 3.90. The number of hydrogen-bond acceptors (Lipinski definition) is 3. The zero-order chi connectivity index (χ0) is 13.2. The highest BCUT2D eigenvalue weighted by Crippen LogP contribution is 2.18. The summed E-state index contributed by atoms with van der Waals surface area (Å²) < 4.78 is 5.37. The first-order valence-corrected chi connectivity index (χ1v) is 7.32. The van der Waals surface area contributed by atoms with E-state index in [1.807, 2.05) is 12.1 Å². The van der Waals surface area contributed by atoms with Crippen LogP contribution in [0.15, 0.2) is 24.3 Å². The standard InChI is InChI=1S/C15H25NOS/c1-16(11-7-3-4-8-12-18)13-14-9-5-6-10-15(14)17-2/h5-6,9-10,18H,3-4,7-8,11-13H2,1-2H3. The summed E-state index contributed by atoms with van der Waals surface area (Å²) in [5.41, 5.74) is 1.26. The van der Waals surface area contributed by atoms with Gasteiger partial charge < -0.3 is 9.64 Å². The van der Waals surface area contributed by atoms with Gasteiger partial charge in [-0.05, 0) is 38.3 Å². The fraction of sp³-hybridized carbons (Fsp3) is 0.600. The zero-order valence-electron chi connectivity index (χ0n) is 11.6. The number of nitrogens with zero attached hydrogens (tertiary/aromatic N) is 1. The summed E-state index contributed by atoms with van der Waals surface area (Å²) in [5, 5.41) is 0. The minimum absolute atomic E-state index is 0.955. The second-order valence-electron chi connectivity index (χ2n) is 4.69. The quantitative estimate of drug-likeness (QED) is 0.542. The van der Waals surface area contributed by atoms with Gasteiger partial charge in [0.1, 0.15) is 5.75 Å². The van der Waals surface area contributed by atoms with Gasteiger partial charge in [0.05, 0.1) is 7.11 Å². The molecule has 0 aromatic heterocycles. The molecule has 0 bridgehead atoms. The van der Waals surface area contributed by atoms with E-state index < -0.39 is 0 Å². The van der Waals surface area contributed by atoms with E-state index in [-0.39, 0.29) is 0 Å². The highest BCUT2D eigenvalue weighted by atomic mass is 32.1. The SMILES string of the molecule is COc1ccccc1CN(C)CCCCCCS. The molecule has 0 atom stereocenters. The maximum atomic E-state index is 5.37. The number of ether oxygens (including phenoxy) is 1. The number of thiol groups is 1. The number of unbranched alkanes of at least 4 members (excludes halogenated alkanes) is 3. The lowest BCUT2D eigenvalue weighted by molar-refractivity contribution is 0.309. The molecule has 18 heavy (non-hydrogen) atoms. The van der Waals surface area contributed by atoms with Crippen molar-refractivity contribution in [2.24, 2.45) is 0 Å². The van der Waals surface area contributed by atoms with Crippen molar-refractivity contribution in [3.63, 3.8) is 0 Å². The van der Waals surface area contributed by atoms with Crippen LogP contribution in [0.2, 0.25) is 0 Å². The third kappa shape index (κ3) is 5.78. The monoisotopic (exact) mass is 267 g/mol. The van der Waals surface area contributed by atoms with Crippen LogP contribution < -0.4 is 4.74 Å². The van der Waals surface area contributed by atoms with Crippen molar-refractivity contribution in [1.29, 1.82) is 0 Å². The second kappa shape index (κ2) is 9.29. The van der Waals surface area contributed by atoms with Gasteiger partial charge in [-0.3, -0.25) is 0 Å². The van der Waals surface area contributed by atoms with E-state index in [4.69, 9.17) is 4.74 Å². The molecule has 102 valence electrons. The molecule has 0 saturated heterocycles. The van der Waals surface area contributed by atoms with Gasteiger partial charge in [-0.15, -0.1) is 0 Å². The average molecular weight is 267 g/mol. The maximum absolute atomic E-state index is 5.37. The number of hydrogen-bond donors (Lipinski definition) is 1. The first-order chi connectivity index (χ1) is 8.77. The Morgan fingerprint density at radius 3 is 2.56 bits per heavy atom. The highest BCUT2D eigenvalue weighted by Gasteiger charge is 2.05. The Bertz CT molecular complexity index is 330. The number of rotatable bonds is 9. The minimum Gasteiger partial charge on any atom is -0.496 e. The van der Waals surface area contributed by atoms with Crippen LogP contribution in [-0.2, 0) is 6.54 Å². The molecule has 0 heterocycles. The fourth-order valence-electron chi connectivity index (χ4n) is 2.05. The summed E-state index contributed by atoms with van der Waals surface area (Å²) in [4.78, 5) is 2.36. The topological polar surface area (TPSA) is 12.5 Å². The van der Waals surface area contributed by atoms with Gasteiger partial charge in [-0.2, -0.15) is 12.6 Å². The van der Waals surface area contributed by atoms with E-state index >= 15 is 0 Å². The number of para-hydroxylation sites is 1. The summed E-state index contributed by atoms with van der Waals surface area (Å²) in [6.07, 6.45) is 5.10. The van der Waals surface area contributed by atoms with E-state index in [9.17, 15) is 0 Å². The van der Waals surface area contributed by atoms with Crippen molar-refractivity contribution < 1.29 is 4.74 Å². The summed E-state index contributed by atoms with van der Waals surface area (Å²) in [5.74, 6) is 2.00. The molecule has 0 fully saturated rings. The van der Waals surface area contributed by atoms with E-state index in [0.717, 1.165) is 24.6 Å². The van der Waals surface area contributed by atoms with Crippen LogP contribution in [0.3, 0.4) is 0 Å². The molecule has 0 aliphatic rings. The van der Waals surface area contributed by atoms with Gasteiger partial charge in [0.15, 0.2) is 0 Å². The molecule has 1 aromatic rings. The molecular formula is C15H25NOS. The van der Waals surface area contributed by atoms with E-state index in [1.54, 1.807) is 7.11 Å². The van der Waals surface area contributed by atoms with Gasteiger partial charge in [0.2, 0.25) is 0 Å². The second-order valence-corrected chi connectivity index (χ2v) is 5.13. The summed E-state index contributed by atoms with van der Waals surface area (Å²) in [6, 6.07) is 8.24. The molecule has 1 aromatic carbocycles. The van der Waals surface area contributed by atoms with Gasteiger partial charge in [-0.1, -0.05) is 31.0 Å². The van der Waals surface area contributed by atoms with Crippen LogP contribution in [0.1, 0.15) is 31.2 Å². The molecule has 0 aliphatic carbocycles. The van der Waals surface area contributed by atoms with Crippen molar-refractivity contribution in [2.45, 2.75) is 32.2 Å². The Hall–Kier alpha value is -0.670. The Balaban J connectivity index is 2.28. The first-order valence-electron chi connectivity index (χ1n) is 6.69. The lowest BCUT2D eigenvalue weighted by atomic mass is 10.1. The number of methoxy groups -OCH3 is 1. The van der Waals surface area contributed by atoms with Crippen LogP contribution >= 0.6 is 12.6 Å². The Kier molecular flexibility index (Phi) is 7.94. The van der Waals surface area contributed by atoms with E-state index in [2.05, 4.69) is 36.7 Å². The van der Waals surface area contributed by atoms with Gasteiger partial charge >= 0.3 is 0 Å². The molecule has 0 unspecified atom stereocenters. The fourth-order valence-corrected chi connectivity index (χ4v) is 2.27. The predicted octanol–water partition coefficient (Wildman–Crippen LogP) is 3.62. The van der Waals surface area contributed by atoms with Crippen molar-refractivity contribution in [1.82, 2.24) is 4.90 Å². The maximum Gasteiger partial charge on any atom is 0.123 e. The molecule has 1 rings (SSSR count). The molecule has 2 nitrogen and oxygen atoms in total. The molecule has 0 spiro atoms. The van der Waals surface area contributed by atoms with Crippen molar-refractivity contribution >= 4 is 12.6 Å². The van der Waals surface area contributed by atoms with Gasteiger partial charge in [-0.25, -0.2) is 0 Å². The van der Waals surface area contributed by atoms with E-state index in [0.29, 0.717) is 0 Å². The Morgan fingerprint density at radius 2 is 1.83 bits per heavy atom. The van der Waals surface area contributed by atoms with Crippen molar-refractivity contribution in [3.05, 3.63) is 29.8 Å². The summed E-state index contributed by atoms with van der Waals surface area (Å²) >= 11 is 4.23. The first kappa shape index (κ1) is 15.4. The van der Waals surface area contributed by atoms with Gasteiger partial charge in [0.25, 0.3) is 0 Å². The van der Waals surface area contributed by atoms with Crippen molar-refractivity contribution in [2.75, 3.05) is 26.5 Å². The van der Waals surface area contributed by atoms with Crippen LogP contribution in [-0.4, -0.2) is 31.4 Å². The highest BCUT2D eigenvalue weighted by molar-refractivity contribution is 7.80. The molecule has 0 amide bonds. The number of benzene rings is 1. The third-order valence-electron chi connectivity index (χ3n) is 3.08. The van der Waals surface area contributed by atoms with Crippen LogP contribution in [0.25, 0.3) is 0 Å². The average Bonchev–Trinajstić information content (AvgIpc) is 2.39. The minimum atomic E-state index is 0.955. The Morgan fingerprint density at radius 1 is 1.11 bits per heavy atom. The molecule has 0 N–H and O–H groups in total. The summed E-state index contributed by atoms with van der Waals surface area (Å²) in [6.45, 7) is 2.10. The normalized spacial score (nSPS) is 10.9. The zero-order valence-corrected chi connectivity index (χ0v) is 12.5. The molecule has 0 aliphatic heterocycles. The smallest absolute Gasteiger partial charge is 0.123 e. The molecule has 0 saturated carbocycles. The predicted molar refractivity (Wildman–Crippen MR) is 81.6 cm³/mol. The van der Waals surface area contributed by atoms with E-state index in [1.165, 1.54) is 31.2 Å². The van der Waals surface area contributed by atoms with Crippen LogP contribution in [0.4, 0.5) is 0 Å². The van der Waals surface area contributed by atoms with Crippen LogP contribution in [0, 0.1) is 0 Å². The van der Waals surface area contributed by atoms with Gasteiger partial charge in [0, 0.05) is 12.1 Å². The Labute approximate surface area is 117 Å². The lowest BCUT2D eigenvalue weighted by Crippen LogP contribution is -2.19. The largest absolute Gasteiger partial charge is 0.496 e. The molecular weight excluding hydrogens is 242 g/mol. The molecule has 0 radical (unpaired) electrons. The third-order valence-corrected chi connectivity index (χ3v) is 3.40. The van der Waals surface area contributed by atoms with Crippen LogP contribution in [0.5, 0.6) is 5.75 Å². The lowest BCUT2D eigenvalue weighted by Gasteiger charge is -2.18. The molecule has 3 heteroatoms.